The highest BCUT2D eigenvalue weighted by molar-refractivity contribution is 6.09. The zero-order valence-electron chi connectivity index (χ0n) is 16.5. The average molecular weight is 414 g/mol. The normalized spacial score (nSPS) is 19.7. The number of esters is 2. The van der Waals surface area contributed by atoms with Gasteiger partial charge in [0.15, 0.2) is 0 Å². The van der Waals surface area contributed by atoms with Crippen LogP contribution in [-0.2, 0) is 42.9 Å². The second kappa shape index (κ2) is 10.3. The van der Waals surface area contributed by atoms with Gasteiger partial charge >= 0.3 is 11.9 Å². The molecule has 0 radical (unpaired) electrons. The third kappa shape index (κ3) is 6.50. The first-order valence-corrected chi connectivity index (χ1v) is 9.45. The van der Waals surface area contributed by atoms with Crippen LogP contribution in [0.15, 0.2) is 0 Å². The van der Waals surface area contributed by atoms with Crippen molar-refractivity contribution in [2.45, 2.75) is 38.9 Å². The first-order valence-electron chi connectivity index (χ1n) is 9.45. The lowest BCUT2D eigenvalue weighted by Crippen LogP contribution is -2.53. The number of hydrogen-bond donors (Lipinski definition) is 1. The molecule has 0 aliphatic carbocycles. The highest BCUT2D eigenvalue weighted by Crippen LogP contribution is 2.29. The Kier molecular flexibility index (Phi) is 8.09. The minimum absolute atomic E-state index is 0.0426. The van der Waals surface area contributed by atoms with Crippen molar-refractivity contribution in [1.82, 2.24) is 10.2 Å². The summed E-state index contributed by atoms with van der Waals surface area (Å²) in [4.78, 5) is 61.2. The van der Waals surface area contributed by atoms with Gasteiger partial charge in [-0.05, 0) is 12.8 Å². The molecule has 0 saturated carbocycles. The minimum atomic E-state index is -1.61. The Morgan fingerprint density at radius 1 is 1.03 bits per heavy atom. The maximum atomic E-state index is 12.9. The van der Waals surface area contributed by atoms with Crippen molar-refractivity contribution >= 4 is 30.2 Å². The van der Waals surface area contributed by atoms with E-state index in [0.717, 1.165) is 0 Å². The summed E-state index contributed by atoms with van der Waals surface area (Å²) < 4.78 is 19.7. The van der Waals surface area contributed by atoms with Gasteiger partial charge in [-0.15, -0.1) is 0 Å². The van der Waals surface area contributed by atoms with Crippen molar-refractivity contribution in [2.75, 3.05) is 39.5 Å². The predicted molar refractivity (Wildman–Crippen MR) is 95.2 cm³/mol. The molecule has 2 heterocycles. The van der Waals surface area contributed by atoms with Crippen LogP contribution in [-0.4, -0.2) is 86.8 Å². The molecule has 0 spiro atoms. The molecule has 2 aliphatic heterocycles. The number of hydrogen-bond acceptors (Lipinski definition) is 9. The minimum Gasteiger partial charge on any atom is -0.462 e. The van der Waals surface area contributed by atoms with E-state index in [0.29, 0.717) is 18.1 Å². The Balaban J connectivity index is 1.93. The number of imide groups is 1. The fraction of sp³-hybridized carbons (Fsp3) is 0.722. The fourth-order valence-corrected chi connectivity index (χ4v) is 2.66. The largest absolute Gasteiger partial charge is 0.462 e. The molecule has 2 saturated heterocycles. The predicted octanol–water partition coefficient (Wildman–Crippen LogP) is -1.22. The van der Waals surface area contributed by atoms with Gasteiger partial charge in [0.1, 0.15) is 43.9 Å². The average Bonchev–Trinajstić information content (AvgIpc) is 3.63. The molecule has 11 heteroatoms. The van der Waals surface area contributed by atoms with Gasteiger partial charge in [-0.3, -0.25) is 28.9 Å². The van der Waals surface area contributed by atoms with Crippen molar-refractivity contribution in [1.29, 1.82) is 0 Å². The molecule has 11 nitrogen and oxygen atoms in total. The highest BCUT2D eigenvalue weighted by atomic mass is 16.6. The third-order valence-corrected chi connectivity index (χ3v) is 4.80. The maximum Gasteiger partial charge on any atom is 0.326 e. The first kappa shape index (κ1) is 22.8. The molecule has 2 atom stereocenters. The molecular weight excluding hydrogens is 388 g/mol. The van der Waals surface area contributed by atoms with Crippen LogP contribution < -0.4 is 5.32 Å². The molecule has 0 aromatic heterocycles. The van der Waals surface area contributed by atoms with E-state index >= 15 is 0 Å². The highest BCUT2D eigenvalue weighted by Gasteiger charge is 2.45. The van der Waals surface area contributed by atoms with E-state index in [-0.39, 0.29) is 44.7 Å². The fourth-order valence-electron chi connectivity index (χ4n) is 2.66. The zero-order chi connectivity index (χ0) is 21.4. The maximum absolute atomic E-state index is 12.9. The SMILES string of the molecule is CCC(CC)(C(=O)NCC(=O)OCC1CO1)C(=O)N(C=O)CC(=O)OCC1CO1. The summed E-state index contributed by atoms with van der Waals surface area (Å²) in [5.74, 6) is -3.01. The lowest BCUT2D eigenvalue weighted by molar-refractivity contribution is -0.160. The van der Waals surface area contributed by atoms with Crippen LogP contribution in [0.2, 0.25) is 0 Å². The molecule has 2 rings (SSSR count). The van der Waals surface area contributed by atoms with E-state index in [1.54, 1.807) is 13.8 Å². The van der Waals surface area contributed by atoms with Gasteiger partial charge in [0.2, 0.25) is 18.2 Å². The van der Waals surface area contributed by atoms with Gasteiger partial charge in [0.05, 0.1) is 13.2 Å². The summed E-state index contributed by atoms with van der Waals surface area (Å²) in [6.45, 7) is 3.34. The summed E-state index contributed by atoms with van der Waals surface area (Å²) in [6.07, 6.45) is 0.0628. The van der Waals surface area contributed by atoms with Crippen molar-refractivity contribution < 1.29 is 42.9 Å². The number of epoxide rings is 2. The van der Waals surface area contributed by atoms with Crippen LogP contribution in [0.25, 0.3) is 0 Å². The molecule has 29 heavy (non-hydrogen) atoms. The topological polar surface area (TPSA) is 144 Å². The number of rotatable bonds is 13. The second-order valence-corrected chi connectivity index (χ2v) is 6.79. The smallest absolute Gasteiger partial charge is 0.326 e. The number of ether oxygens (including phenoxy) is 4. The van der Waals surface area contributed by atoms with Crippen LogP contribution in [0.5, 0.6) is 0 Å². The lowest BCUT2D eigenvalue weighted by atomic mass is 9.79. The Hall–Kier alpha value is -2.53. The molecule has 2 aliphatic rings. The molecule has 2 fully saturated rings. The van der Waals surface area contributed by atoms with Gasteiger partial charge in [-0.25, -0.2) is 0 Å². The van der Waals surface area contributed by atoms with Crippen molar-refractivity contribution in [2.24, 2.45) is 5.41 Å². The number of nitrogens with zero attached hydrogens (tertiary/aromatic N) is 1. The molecule has 2 unspecified atom stereocenters. The van der Waals surface area contributed by atoms with Crippen molar-refractivity contribution in [3.05, 3.63) is 0 Å². The van der Waals surface area contributed by atoms with Crippen LogP contribution in [0.3, 0.4) is 0 Å². The molecule has 0 aromatic rings. The van der Waals surface area contributed by atoms with E-state index in [9.17, 15) is 24.0 Å². The van der Waals surface area contributed by atoms with Crippen molar-refractivity contribution in [3.8, 4) is 0 Å². The summed E-state index contributed by atoms with van der Waals surface area (Å²) in [7, 11) is 0. The molecule has 3 amide bonds. The Labute approximate surface area is 168 Å². The lowest BCUT2D eigenvalue weighted by Gasteiger charge is -2.31. The Morgan fingerprint density at radius 2 is 1.55 bits per heavy atom. The quantitative estimate of drug-likeness (QED) is 0.170. The first-order chi connectivity index (χ1) is 13.9. The monoisotopic (exact) mass is 414 g/mol. The van der Waals surface area contributed by atoms with Crippen LogP contribution in [0.1, 0.15) is 26.7 Å². The van der Waals surface area contributed by atoms with E-state index in [2.05, 4.69) is 5.32 Å². The standard InChI is InChI=1S/C18H26N2O9/c1-3-18(4-2,16(24)19-5-14(22)28-9-12-7-26-12)17(25)20(11-21)6-15(23)29-10-13-8-27-13/h11-13H,3-10H2,1-2H3,(H,19,24). The van der Waals surface area contributed by atoms with E-state index in [1.807, 2.05) is 0 Å². The van der Waals surface area contributed by atoms with Gasteiger partial charge < -0.3 is 24.3 Å². The number of carbonyl (C=O) groups is 5. The van der Waals surface area contributed by atoms with Gasteiger partial charge in [0.25, 0.3) is 0 Å². The molecule has 0 aromatic carbocycles. The summed E-state index contributed by atoms with van der Waals surface area (Å²) >= 11 is 0. The second-order valence-electron chi connectivity index (χ2n) is 6.79. The molecular formula is C18H26N2O9. The number of carbonyl (C=O) groups excluding carboxylic acids is 5. The van der Waals surface area contributed by atoms with Gasteiger partial charge in [-0.2, -0.15) is 0 Å². The molecule has 162 valence electrons. The summed E-state index contributed by atoms with van der Waals surface area (Å²) in [5, 5.41) is 2.38. The zero-order valence-corrected chi connectivity index (χ0v) is 16.5. The Bertz CT molecular complexity index is 639. The Morgan fingerprint density at radius 3 is 2.00 bits per heavy atom. The van der Waals surface area contributed by atoms with Crippen molar-refractivity contribution in [3.63, 3.8) is 0 Å². The van der Waals surface area contributed by atoms with E-state index in [1.165, 1.54) is 0 Å². The molecule has 0 bridgehead atoms. The van der Waals surface area contributed by atoms with Crippen LogP contribution in [0, 0.1) is 5.41 Å². The summed E-state index contributed by atoms with van der Waals surface area (Å²) in [6, 6.07) is 0. The van der Waals surface area contributed by atoms with Gasteiger partial charge in [-0.1, -0.05) is 13.8 Å². The number of amides is 3. The summed E-state index contributed by atoms with van der Waals surface area (Å²) in [5.41, 5.74) is -1.61. The van der Waals surface area contributed by atoms with E-state index < -0.39 is 42.3 Å². The number of nitrogens with one attached hydrogen (secondary N) is 1. The van der Waals surface area contributed by atoms with Crippen LogP contribution >= 0.6 is 0 Å². The van der Waals surface area contributed by atoms with E-state index in [4.69, 9.17) is 18.9 Å². The third-order valence-electron chi connectivity index (χ3n) is 4.80. The van der Waals surface area contributed by atoms with Gasteiger partial charge in [0, 0.05) is 0 Å². The van der Waals surface area contributed by atoms with Crippen LogP contribution in [0.4, 0.5) is 0 Å². The molecule has 1 N–H and O–H groups in total.